The highest BCUT2D eigenvalue weighted by molar-refractivity contribution is 5.10. The Bertz CT molecular complexity index is 233. The van der Waals surface area contributed by atoms with Gasteiger partial charge >= 0.3 is 0 Å². The summed E-state index contributed by atoms with van der Waals surface area (Å²) in [5.41, 5.74) is -0.688. The van der Waals surface area contributed by atoms with E-state index < -0.39 is 5.60 Å². The van der Waals surface area contributed by atoms with Gasteiger partial charge in [-0.25, -0.2) is 0 Å². The van der Waals surface area contributed by atoms with Gasteiger partial charge in [-0.1, -0.05) is 13.8 Å². The van der Waals surface area contributed by atoms with Crippen LogP contribution in [0.3, 0.4) is 0 Å². The quantitative estimate of drug-likeness (QED) is 0.729. The molecule has 1 saturated carbocycles. The molecule has 15 heavy (non-hydrogen) atoms. The third-order valence-electron chi connectivity index (χ3n) is 4.24. The molecule has 0 radical (unpaired) electrons. The SMILES string of the molecule is CC1(C)CC(CO)(C2(O)CCOCC2)C1. The monoisotopic (exact) mass is 214 g/mol. The highest BCUT2D eigenvalue weighted by atomic mass is 16.5. The fraction of sp³-hybridized carbons (Fsp3) is 1.00. The van der Waals surface area contributed by atoms with Crippen molar-refractivity contribution in [1.29, 1.82) is 0 Å². The molecule has 2 N–H and O–H groups in total. The Balaban J connectivity index is 2.13. The summed E-state index contributed by atoms with van der Waals surface area (Å²) < 4.78 is 5.28. The third-order valence-corrected chi connectivity index (χ3v) is 4.24. The van der Waals surface area contributed by atoms with Crippen molar-refractivity contribution < 1.29 is 14.9 Å². The molecule has 0 amide bonds. The lowest BCUT2D eigenvalue weighted by Crippen LogP contribution is -2.62. The molecule has 0 aromatic carbocycles. The summed E-state index contributed by atoms with van der Waals surface area (Å²) >= 11 is 0. The van der Waals surface area contributed by atoms with E-state index in [1.165, 1.54) is 0 Å². The summed E-state index contributed by atoms with van der Waals surface area (Å²) in [4.78, 5) is 0. The molecule has 3 heteroatoms. The first-order valence-corrected chi connectivity index (χ1v) is 5.84. The van der Waals surface area contributed by atoms with E-state index in [9.17, 15) is 10.2 Å². The van der Waals surface area contributed by atoms with Gasteiger partial charge in [0.2, 0.25) is 0 Å². The molecule has 1 aliphatic heterocycles. The Morgan fingerprint density at radius 3 is 2.07 bits per heavy atom. The van der Waals surface area contributed by atoms with E-state index in [1.54, 1.807) is 0 Å². The van der Waals surface area contributed by atoms with Crippen LogP contribution < -0.4 is 0 Å². The van der Waals surface area contributed by atoms with Crippen LogP contribution in [0, 0.1) is 10.8 Å². The minimum Gasteiger partial charge on any atom is -0.396 e. The first-order chi connectivity index (χ1) is 6.93. The standard InChI is InChI=1S/C12H22O3/c1-10(2)7-11(8-10,9-13)12(14)3-5-15-6-4-12/h13-14H,3-9H2,1-2H3. The maximum absolute atomic E-state index is 10.6. The Morgan fingerprint density at radius 2 is 1.67 bits per heavy atom. The zero-order chi connectivity index (χ0) is 11.2. The lowest BCUT2D eigenvalue weighted by Gasteiger charge is -2.61. The first kappa shape index (κ1) is 11.4. The summed E-state index contributed by atoms with van der Waals surface area (Å²) in [6.45, 7) is 5.75. The van der Waals surface area contributed by atoms with E-state index in [4.69, 9.17) is 4.74 Å². The highest BCUT2D eigenvalue weighted by Crippen LogP contribution is 2.61. The van der Waals surface area contributed by atoms with Gasteiger partial charge in [-0.15, -0.1) is 0 Å². The number of aliphatic hydroxyl groups excluding tert-OH is 1. The van der Waals surface area contributed by atoms with Crippen LogP contribution in [-0.2, 0) is 4.74 Å². The Morgan fingerprint density at radius 1 is 1.13 bits per heavy atom. The lowest BCUT2D eigenvalue weighted by atomic mass is 9.47. The average molecular weight is 214 g/mol. The minimum atomic E-state index is -0.699. The highest BCUT2D eigenvalue weighted by Gasteiger charge is 2.60. The smallest absolute Gasteiger partial charge is 0.0769 e. The molecule has 2 rings (SSSR count). The van der Waals surface area contributed by atoms with Crippen LogP contribution in [0.1, 0.15) is 39.5 Å². The maximum atomic E-state index is 10.6. The van der Waals surface area contributed by atoms with Gasteiger partial charge in [0.05, 0.1) is 12.2 Å². The van der Waals surface area contributed by atoms with Crippen molar-refractivity contribution >= 4 is 0 Å². The first-order valence-electron chi connectivity index (χ1n) is 5.84. The largest absolute Gasteiger partial charge is 0.396 e. The summed E-state index contributed by atoms with van der Waals surface area (Å²) in [6.07, 6.45) is 3.19. The molecular weight excluding hydrogens is 192 g/mol. The van der Waals surface area contributed by atoms with Gasteiger partial charge in [0.15, 0.2) is 0 Å². The second-order valence-corrected chi connectivity index (χ2v) is 6.10. The van der Waals surface area contributed by atoms with Gasteiger partial charge in [-0.05, 0) is 18.3 Å². The number of rotatable bonds is 2. The number of hydrogen-bond acceptors (Lipinski definition) is 3. The van der Waals surface area contributed by atoms with Crippen LogP contribution in [0.2, 0.25) is 0 Å². The molecule has 0 unspecified atom stereocenters. The second kappa shape index (κ2) is 3.44. The normalized spacial score (nSPS) is 32.0. The average Bonchev–Trinajstić information content (AvgIpc) is 2.14. The zero-order valence-electron chi connectivity index (χ0n) is 9.75. The van der Waals surface area contributed by atoms with E-state index in [0.29, 0.717) is 26.1 Å². The summed E-state index contributed by atoms with van der Waals surface area (Å²) in [7, 11) is 0. The van der Waals surface area contributed by atoms with E-state index in [-0.39, 0.29) is 17.4 Å². The molecule has 3 nitrogen and oxygen atoms in total. The van der Waals surface area contributed by atoms with E-state index >= 15 is 0 Å². The van der Waals surface area contributed by atoms with Crippen molar-refractivity contribution in [1.82, 2.24) is 0 Å². The molecule has 0 aromatic heterocycles. The number of ether oxygens (including phenoxy) is 1. The Kier molecular flexibility index (Phi) is 2.61. The molecule has 1 saturated heterocycles. The summed E-state index contributed by atoms with van der Waals surface area (Å²) in [5.74, 6) is 0. The van der Waals surface area contributed by atoms with Crippen LogP contribution >= 0.6 is 0 Å². The molecule has 2 fully saturated rings. The van der Waals surface area contributed by atoms with Gasteiger partial charge < -0.3 is 14.9 Å². The van der Waals surface area contributed by atoms with Gasteiger partial charge in [0.25, 0.3) is 0 Å². The van der Waals surface area contributed by atoms with Gasteiger partial charge in [-0.3, -0.25) is 0 Å². The second-order valence-electron chi connectivity index (χ2n) is 6.10. The van der Waals surface area contributed by atoms with Crippen molar-refractivity contribution in [3.63, 3.8) is 0 Å². The predicted octanol–water partition coefficient (Wildman–Crippen LogP) is 1.33. The van der Waals surface area contributed by atoms with E-state index in [0.717, 1.165) is 12.8 Å². The molecule has 1 aliphatic carbocycles. The lowest BCUT2D eigenvalue weighted by molar-refractivity contribution is -0.223. The predicted molar refractivity (Wildman–Crippen MR) is 57.5 cm³/mol. The van der Waals surface area contributed by atoms with E-state index in [2.05, 4.69) is 13.8 Å². The zero-order valence-corrected chi connectivity index (χ0v) is 9.75. The molecule has 2 aliphatic rings. The molecule has 88 valence electrons. The summed E-state index contributed by atoms with van der Waals surface area (Å²) in [6, 6.07) is 0. The van der Waals surface area contributed by atoms with Crippen LogP contribution in [0.4, 0.5) is 0 Å². The molecular formula is C12H22O3. The summed E-state index contributed by atoms with van der Waals surface area (Å²) in [5, 5.41) is 20.2. The number of aliphatic hydroxyl groups is 2. The van der Waals surface area contributed by atoms with Crippen molar-refractivity contribution in [2.24, 2.45) is 10.8 Å². The fourth-order valence-corrected chi connectivity index (χ4v) is 3.61. The minimum absolute atomic E-state index is 0.104. The van der Waals surface area contributed by atoms with E-state index in [1.807, 2.05) is 0 Å². The van der Waals surface area contributed by atoms with Gasteiger partial charge in [-0.2, -0.15) is 0 Å². The van der Waals surface area contributed by atoms with Gasteiger partial charge in [0.1, 0.15) is 0 Å². The topological polar surface area (TPSA) is 49.7 Å². The molecule has 0 aromatic rings. The van der Waals surface area contributed by atoms with Gasteiger partial charge in [0, 0.05) is 31.5 Å². The Hall–Kier alpha value is -0.120. The van der Waals surface area contributed by atoms with Crippen LogP contribution in [0.5, 0.6) is 0 Å². The third kappa shape index (κ3) is 1.71. The molecule has 0 atom stereocenters. The van der Waals surface area contributed by atoms with Crippen molar-refractivity contribution in [2.75, 3.05) is 19.8 Å². The Labute approximate surface area is 91.4 Å². The van der Waals surface area contributed by atoms with Crippen molar-refractivity contribution in [3.05, 3.63) is 0 Å². The van der Waals surface area contributed by atoms with Crippen LogP contribution in [-0.4, -0.2) is 35.6 Å². The van der Waals surface area contributed by atoms with Crippen molar-refractivity contribution in [2.45, 2.75) is 45.1 Å². The van der Waals surface area contributed by atoms with Crippen LogP contribution in [0.25, 0.3) is 0 Å². The van der Waals surface area contributed by atoms with Crippen LogP contribution in [0.15, 0.2) is 0 Å². The molecule has 1 heterocycles. The molecule has 0 spiro atoms. The maximum Gasteiger partial charge on any atom is 0.0769 e. The molecule has 0 bridgehead atoms. The fourth-order valence-electron chi connectivity index (χ4n) is 3.61. The van der Waals surface area contributed by atoms with Crippen molar-refractivity contribution in [3.8, 4) is 0 Å². The number of hydrogen-bond donors (Lipinski definition) is 2.